The molecule has 1 aromatic carbocycles. The lowest BCUT2D eigenvalue weighted by Gasteiger charge is -2.20. The quantitative estimate of drug-likeness (QED) is 0.688. The van der Waals surface area contributed by atoms with Crippen LogP contribution in [0.2, 0.25) is 0 Å². The second-order valence-corrected chi connectivity index (χ2v) is 8.17. The predicted octanol–water partition coefficient (Wildman–Crippen LogP) is 4.24. The zero-order valence-corrected chi connectivity index (χ0v) is 18.4. The number of amides is 1. The first-order valence-corrected chi connectivity index (χ1v) is 10.5. The van der Waals surface area contributed by atoms with E-state index in [2.05, 4.69) is 11.4 Å². The second-order valence-electron chi connectivity index (χ2n) is 8.17. The van der Waals surface area contributed by atoms with Gasteiger partial charge >= 0.3 is 6.18 Å². The van der Waals surface area contributed by atoms with E-state index in [0.29, 0.717) is 24.5 Å². The molecule has 0 aliphatic carbocycles. The SMILES string of the molecule is Cc1c(C#N)c(NC(=O)CN(C)Cc2ccccc2C(F)(F)F)n(CC2CCCO2)c1C. The van der Waals surface area contributed by atoms with E-state index in [1.54, 1.807) is 13.1 Å². The third-order valence-corrected chi connectivity index (χ3v) is 5.79. The number of alkyl halides is 3. The van der Waals surface area contributed by atoms with Gasteiger partial charge in [-0.2, -0.15) is 18.4 Å². The summed E-state index contributed by atoms with van der Waals surface area (Å²) in [7, 11) is 1.58. The Morgan fingerprint density at radius 2 is 2.06 bits per heavy atom. The van der Waals surface area contributed by atoms with Crippen LogP contribution in [0.15, 0.2) is 24.3 Å². The van der Waals surface area contributed by atoms with Gasteiger partial charge in [-0.05, 0) is 50.9 Å². The number of benzene rings is 1. The molecule has 0 spiro atoms. The van der Waals surface area contributed by atoms with Crippen molar-refractivity contribution in [3.63, 3.8) is 0 Å². The Bertz CT molecular complexity index is 1020. The molecule has 1 aliphatic heterocycles. The van der Waals surface area contributed by atoms with Crippen LogP contribution >= 0.6 is 0 Å². The summed E-state index contributed by atoms with van der Waals surface area (Å²) < 4.78 is 47.3. The molecule has 1 amide bonds. The monoisotopic (exact) mass is 448 g/mol. The first-order chi connectivity index (χ1) is 15.1. The van der Waals surface area contributed by atoms with Gasteiger partial charge in [-0.1, -0.05) is 18.2 Å². The Kier molecular flexibility index (Phi) is 7.26. The van der Waals surface area contributed by atoms with Gasteiger partial charge in [-0.15, -0.1) is 0 Å². The molecule has 3 rings (SSSR count). The maximum absolute atomic E-state index is 13.2. The maximum atomic E-state index is 13.2. The number of carbonyl (C=O) groups excluding carboxylic acids is 1. The molecule has 1 atom stereocenters. The minimum absolute atomic E-state index is 0.0178. The average Bonchev–Trinajstić information content (AvgIpc) is 3.30. The molecular formula is C23H27F3N4O2. The van der Waals surface area contributed by atoms with Gasteiger partial charge < -0.3 is 14.6 Å². The predicted molar refractivity (Wildman–Crippen MR) is 114 cm³/mol. The third kappa shape index (κ3) is 5.31. The van der Waals surface area contributed by atoms with Crippen molar-refractivity contribution >= 4 is 11.7 Å². The van der Waals surface area contributed by atoms with Crippen molar-refractivity contribution in [2.45, 2.75) is 52.1 Å². The van der Waals surface area contributed by atoms with Crippen molar-refractivity contribution in [1.29, 1.82) is 5.26 Å². The van der Waals surface area contributed by atoms with E-state index in [1.807, 2.05) is 18.4 Å². The van der Waals surface area contributed by atoms with Crippen molar-refractivity contribution in [2.24, 2.45) is 0 Å². The van der Waals surface area contributed by atoms with Crippen molar-refractivity contribution in [1.82, 2.24) is 9.47 Å². The fraction of sp³-hybridized carbons (Fsp3) is 0.478. The summed E-state index contributed by atoms with van der Waals surface area (Å²) in [5.74, 6) is 0.00618. The fourth-order valence-electron chi connectivity index (χ4n) is 4.05. The van der Waals surface area contributed by atoms with E-state index in [0.717, 1.165) is 30.2 Å². The highest BCUT2D eigenvalue weighted by Crippen LogP contribution is 2.32. The summed E-state index contributed by atoms with van der Waals surface area (Å²) >= 11 is 0. The summed E-state index contributed by atoms with van der Waals surface area (Å²) in [5.41, 5.74) is 1.43. The number of carbonyl (C=O) groups is 1. The van der Waals surface area contributed by atoms with Crippen LogP contribution in [0.25, 0.3) is 0 Å². The maximum Gasteiger partial charge on any atom is 0.416 e. The number of likely N-dealkylation sites (N-methyl/N-ethyl adjacent to an activating group) is 1. The molecule has 2 heterocycles. The van der Waals surface area contributed by atoms with Gasteiger partial charge in [-0.3, -0.25) is 9.69 Å². The Morgan fingerprint density at radius 1 is 1.34 bits per heavy atom. The molecule has 172 valence electrons. The largest absolute Gasteiger partial charge is 0.416 e. The Balaban J connectivity index is 1.74. The lowest BCUT2D eigenvalue weighted by atomic mass is 10.1. The summed E-state index contributed by atoms with van der Waals surface area (Å²) in [6.07, 6.45) is -2.56. The highest BCUT2D eigenvalue weighted by Gasteiger charge is 2.33. The van der Waals surface area contributed by atoms with Gasteiger partial charge in [0.25, 0.3) is 0 Å². The van der Waals surface area contributed by atoms with Gasteiger partial charge in [0, 0.05) is 18.8 Å². The molecule has 9 heteroatoms. The summed E-state index contributed by atoms with van der Waals surface area (Å²) in [6.45, 7) is 4.78. The molecule has 6 nitrogen and oxygen atoms in total. The van der Waals surface area contributed by atoms with E-state index < -0.39 is 17.6 Å². The van der Waals surface area contributed by atoms with E-state index in [9.17, 15) is 23.2 Å². The minimum atomic E-state index is -4.46. The standard InChI is InChI=1S/C23H27F3N4O2/c1-15-16(2)30(13-18-8-6-10-32-18)22(19(15)11-27)28-21(31)14-29(3)12-17-7-4-5-9-20(17)23(24,25)26/h4-5,7,9,18H,6,8,10,12-14H2,1-3H3,(H,28,31). The number of halogens is 3. The number of nitriles is 1. The number of aromatic nitrogens is 1. The number of nitrogens with one attached hydrogen (secondary N) is 1. The molecule has 1 aliphatic rings. The van der Waals surface area contributed by atoms with Crippen molar-refractivity contribution < 1.29 is 22.7 Å². The van der Waals surface area contributed by atoms with Crippen molar-refractivity contribution in [3.8, 4) is 6.07 Å². The van der Waals surface area contributed by atoms with Crippen LogP contribution < -0.4 is 5.32 Å². The molecule has 1 N–H and O–H groups in total. The Morgan fingerprint density at radius 3 is 2.69 bits per heavy atom. The van der Waals surface area contributed by atoms with Gasteiger partial charge in [0.15, 0.2) is 0 Å². The van der Waals surface area contributed by atoms with Crippen LogP contribution in [0.4, 0.5) is 19.0 Å². The highest BCUT2D eigenvalue weighted by atomic mass is 19.4. The molecule has 32 heavy (non-hydrogen) atoms. The van der Waals surface area contributed by atoms with Crippen LogP contribution in [0.3, 0.4) is 0 Å². The summed E-state index contributed by atoms with van der Waals surface area (Å²) in [5, 5.41) is 12.4. The molecule has 1 saturated heterocycles. The molecule has 2 aromatic rings. The Labute approximate surface area is 185 Å². The van der Waals surface area contributed by atoms with E-state index in [4.69, 9.17) is 4.74 Å². The molecular weight excluding hydrogens is 421 g/mol. The topological polar surface area (TPSA) is 70.3 Å². The first kappa shape index (κ1) is 23.8. The van der Waals surface area contributed by atoms with E-state index in [1.165, 1.54) is 17.0 Å². The summed E-state index contributed by atoms with van der Waals surface area (Å²) in [4.78, 5) is 14.3. The fourth-order valence-corrected chi connectivity index (χ4v) is 4.05. The number of hydrogen-bond donors (Lipinski definition) is 1. The van der Waals surface area contributed by atoms with Crippen LogP contribution in [-0.2, 0) is 28.8 Å². The average molecular weight is 448 g/mol. The first-order valence-electron chi connectivity index (χ1n) is 10.5. The molecule has 0 saturated carbocycles. The van der Waals surface area contributed by atoms with Crippen LogP contribution in [0, 0.1) is 25.2 Å². The number of hydrogen-bond acceptors (Lipinski definition) is 4. The van der Waals surface area contributed by atoms with Crippen molar-refractivity contribution in [2.75, 3.05) is 25.5 Å². The van der Waals surface area contributed by atoms with Gasteiger partial charge in [0.05, 0.1) is 30.3 Å². The Hall–Kier alpha value is -2.83. The van der Waals surface area contributed by atoms with Gasteiger partial charge in [-0.25, -0.2) is 0 Å². The van der Waals surface area contributed by atoms with E-state index >= 15 is 0 Å². The van der Waals surface area contributed by atoms with Gasteiger partial charge in [0.1, 0.15) is 11.9 Å². The van der Waals surface area contributed by atoms with E-state index in [-0.39, 0.29) is 24.8 Å². The number of anilines is 1. The highest BCUT2D eigenvalue weighted by molar-refractivity contribution is 5.93. The molecule has 0 radical (unpaired) electrons. The number of nitrogens with zero attached hydrogens (tertiary/aromatic N) is 3. The van der Waals surface area contributed by atoms with Crippen molar-refractivity contribution in [3.05, 3.63) is 52.2 Å². The minimum Gasteiger partial charge on any atom is -0.376 e. The molecule has 0 bridgehead atoms. The third-order valence-electron chi connectivity index (χ3n) is 5.79. The second kappa shape index (κ2) is 9.76. The lowest BCUT2D eigenvalue weighted by Crippen LogP contribution is -2.31. The van der Waals surface area contributed by atoms with Gasteiger partial charge in [0.2, 0.25) is 5.91 Å². The summed E-state index contributed by atoms with van der Waals surface area (Å²) in [6, 6.07) is 7.48. The molecule has 1 fully saturated rings. The molecule has 1 unspecified atom stereocenters. The molecule has 1 aromatic heterocycles. The normalized spacial score (nSPS) is 16.4. The zero-order chi connectivity index (χ0) is 23.5. The van der Waals surface area contributed by atoms with Crippen LogP contribution in [0.1, 0.15) is 40.8 Å². The van der Waals surface area contributed by atoms with Crippen LogP contribution in [0.5, 0.6) is 0 Å². The zero-order valence-electron chi connectivity index (χ0n) is 18.4. The van der Waals surface area contributed by atoms with Crippen LogP contribution in [-0.4, -0.2) is 41.7 Å². The number of ether oxygens (including phenoxy) is 1. The lowest BCUT2D eigenvalue weighted by molar-refractivity contribution is -0.138. The number of rotatable bonds is 7. The smallest absolute Gasteiger partial charge is 0.376 e.